The molecular formula is C17H21NO2. The first kappa shape index (κ1) is 13.2. The number of carbonyl (C=O) groups excluding carboxylic acids is 1. The average molecular weight is 271 g/mol. The third kappa shape index (κ3) is 2.33. The minimum atomic E-state index is -0.245. The first-order valence-electron chi connectivity index (χ1n) is 7.59. The van der Waals surface area contributed by atoms with Crippen LogP contribution in [-0.2, 0) is 4.74 Å². The van der Waals surface area contributed by atoms with E-state index in [1.807, 2.05) is 25.1 Å². The Balaban J connectivity index is 2.05. The first-order chi connectivity index (χ1) is 9.81. The van der Waals surface area contributed by atoms with Gasteiger partial charge < -0.3 is 9.72 Å². The van der Waals surface area contributed by atoms with Gasteiger partial charge in [0.05, 0.1) is 6.61 Å². The molecule has 0 aliphatic heterocycles. The van der Waals surface area contributed by atoms with Gasteiger partial charge in [-0.15, -0.1) is 0 Å². The summed E-state index contributed by atoms with van der Waals surface area (Å²) in [6, 6.07) is 8.13. The van der Waals surface area contributed by atoms with E-state index >= 15 is 0 Å². The lowest BCUT2D eigenvalue weighted by Crippen LogP contribution is -2.08. The highest BCUT2D eigenvalue weighted by molar-refractivity contribution is 6.04. The number of nitrogens with one attached hydrogen (secondary N) is 1. The largest absolute Gasteiger partial charge is 0.461 e. The van der Waals surface area contributed by atoms with Gasteiger partial charge in [0.15, 0.2) is 0 Å². The van der Waals surface area contributed by atoms with E-state index in [9.17, 15) is 4.79 Å². The molecule has 3 nitrogen and oxygen atoms in total. The molecule has 2 aromatic rings. The maximum Gasteiger partial charge on any atom is 0.355 e. The number of rotatable bonds is 3. The summed E-state index contributed by atoms with van der Waals surface area (Å²) in [5.74, 6) is 0.308. The van der Waals surface area contributed by atoms with Crippen LogP contribution >= 0.6 is 0 Å². The third-order valence-corrected chi connectivity index (χ3v) is 4.24. The van der Waals surface area contributed by atoms with Crippen LogP contribution in [0.25, 0.3) is 10.8 Å². The van der Waals surface area contributed by atoms with Crippen molar-refractivity contribution in [1.29, 1.82) is 0 Å². The molecule has 0 radical (unpaired) electrons. The van der Waals surface area contributed by atoms with Crippen LogP contribution in [0.5, 0.6) is 0 Å². The Morgan fingerprint density at radius 2 is 1.90 bits per heavy atom. The number of fused-ring (bicyclic) bond motifs is 1. The molecule has 1 saturated carbocycles. The Morgan fingerprint density at radius 1 is 1.20 bits per heavy atom. The van der Waals surface area contributed by atoms with Crippen molar-refractivity contribution in [2.45, 2.75) is 44.9 Å². The summed E-state index contributed by atoms with van der Waals surface area (Å²) >= 11 is 0. The molecule has 1 aliphatic carbocycles. The maximum atomic E-state index is 12.1. The molecule has 0 saturated heterocycles. The van der Waals surface area contributed by atoms with E-state index < -0.39 is 0 Å². The van der Waals surface area contributed by atoms with Crippen LogP contribution in [0.1, 0.15) is 61.1 Å². The molecule has 1 aromatic heterocycles. The highest BCUT2D eigenvalue weighted by Crippen LogP contribution is 2.37. The summed E-state index contributed by atoms with van der Waals surface area (Å²) in [6.45, 7) is 2.25. The maximum absolute atomic E-state index is 12.1. The Kier molecular flexibility index (Phi) is 3.77. The lowest BCUT2D eigenvalue weighted by molar-refractivity contribution is 0.0522. The standard InChI is InChI=1S/C17H21NO2/c1-2-20-17(19)16-14-11-7-6-10-13(14)15(18-16)12-8-4-3-5-9-12/h6-7,10-12,18H,2-5,8-9H2,1H3. The molecule has 0 unspecified atom stereocenters. The number of hydrogen-bond acceptors (Lipinski definition) is 2. The first-order valence-corrected chi connectivity index (χ1v) is 7.59. The molecule has 1 aliphatic rings. The molecule has 106 valence electrons. The summed E-state index contributed by atoms with van der Waals surface area (Å²) in [4.78, 5) is 15.5. The Bertz CT molecular complexity index is 608. The second-order valence-electron chi connectivity index (χ2n) is 5.51. The van der Waals surface area contributed by atoms with Crippen molar-refractivity contribution in [3.05, 3.63) is 35.7 Å². The Morgan fingerprint density at radius 3 is 2.60 bits per heavy atom. The number of carbonyl (C=O) groups is 1. The van der Waals surface area contributed by atoms with Gasteiger partial charge >= 0.3 is 5.97 Å². The van der Waals surface area contributed by atoms with Crippen LogP contribution in [-0.4, -0.2) is 17.6 Å². The highest BCUT2D eigenvalue weighted by atomic mass is 16.5. The zero-order chi connectivity index (χ0) is 13.9. The van der Waals surface area contributed by atoms with Gasteiger partial charge in [0.2, 0.25) is 0 Å². The second kappa shape index (κ2) is 5.70. The fourth-order valence-electron chi connectivity index (χ4n) is 3.28. The molecule has 0 amide bonds. The van der Waals surface area contributed by atoms with E-state index in [-0.39, 0.29) is 5.97 Å². The van der Waals surface area contributed by atoms with Crippen LogP contribution in [0, 0.1) is 0 Å². The van der Waals surface area contributed by atoms with E-state index in [1.165, 1.54) is 43.2 Å². The molecule has 1 N–H and O–H groups in total. The zero-order valence-electron chi connectivity index (χ0n) is 11.9. The number of H-pyrrole nitrogens is 1. The third-order valence-electron chi connectivity index (χ3n) is 4.24. The Labute approximate surface area is 119 Å². The number of hydrogen-bond donors (Lipinski definition) is 1. The highest BCUT2D eigenvalue weighted by Gasteiger charge is 2.23. The molecule has 3 rings (SSSR count). The van der Waals surface area contributed by atoms with Crippen LogP contribution in [0.3, 0.4) is 0 Å². The van der Waals surface area contributed by atoms with Crippen molar-refractivity contribution in [3.8, 4) is 0 Å². The molecule has 0 spiro atoms. The van der Waals surface area contributed by atoms with Crippen molar-refractivity contribution in [1.82, 2.24) is 4.98 Å². The van der Waals surface area contributed by atoms with Gasteiger partial charge in [-0.3, -0.25) is 0 Å². The Hall–Kier alpha value is -1.77. The topological polar surface area (TPSA) is 42.1 Å². The normalized spacial score (nSPS) is 16.4. The molecular weight excluding hydrogens is 250 g/mol. The number of aromatic amines is 1. The fourth-order valence-corrected chi connectivity index (χ4v) is 3.28. The summed E-state index contributed by atoms with van der Waals surface area (Å²) in [5.41, 5.74) is 1.84. The predicted molar refractivity (Wildman–Crippen MR) is 80.1 cm³/mol. The SMILES string of the molecule is CCOC(=O)c1[nH]c(C2CCCCC2)c2ccccc12. The smallest absolute Gasteiger partial charge is 0.355 e. The zero-order valence-corrected chi connectivity index (χ0v) is 11.9. The van der Waals surface area contributed by atoms with Gasteiger partial charge in [-0.1, -0.05) is 43.5 Å². The van der Waals surface area contributed by atoms with E-state index in [0.29, 0.717) is 18.2 Å². The number of aromatic nitrogens is 1. The monoisotopic (exact) mass is 271 g/mol. The van der Waals surface area contributed by atoms with Gasteiger partial charge in [0.1, 0.15) is 5.69 Å². The summed E-state index contributed by atoms with van der Waals surface area (Å²) < 4.78 is 5.17. The molecule has 1 heterocycles. The molecule has 20 heavy (non-hydrogen) atoms. The van der Waals surface area contributed by atoms with Crippen LogP contribution in [0.2, 0.25) is 0 Å². The fraction of sp³-hybridized carbons (Fsp3) is 0.471. The summed E-state index contributed by atoms with van der Waals surface area (Å²) in [6.07, 6.45) is 6.33. The molecule has 1 fully saturated rings. The van der Waals surface area contributed by atoms with E-state index in [0.717, 1.165) is 5.39 Å². The van der Waals surface area contributed by atoms with Gasteiger partial charge in [-0.05, 0) is 25.7 Å². The van der Waals surface area contributed by atoms with E-state index in [1.54, 1.807) is 0 Å². The van der Waals surface area contributed by atoms with Crippen molar-refractivity contribution >= 4 is 16.7 Å². The van der Waals surface area contributed by atoms with Crippen molar-refractivity contribution in [3.63, 3.8) is 0 Å². The van der Waals surface area contributed by atoms with Gasteiger partial charge in [-0.25, -0.2) is 4.79 Å². The van der Waals surface area contributed by atoms with Gasteiger partial charge in [0, 0.05) is 16.5 Å². The summed E-state index contributed by atoms with van der Waals surface area (Å²) in [5, 5.41) is 2.17. The number of esters is 1. The number of benzene rings is 1. The molecule has 1 aromatic carbocycles. The molecule has 3 heteroatoms. The summed E-state index contributed by atoms with van der Waals surface area (Å²) in [7, 11) is 0. The van der Waals surface area contributed by atoms with E-state index in [2.05, 4.69) is 11.1 Å². The number of ether oxygens (including phenoxy) is 1. The quantitative estimate of drug-likeness (QED) is 0.841. The van der Waals surface area contributed by atoms with Gasteiger partial charge in [0.25, 0.3) is 0 Å². The molecule has 0 atom stereocenters. The van der Waals surface area contributed by atoms with Crippen molar-refractivity contribution in [2.24, 2.45) is 0 Å². The van der Waals surface area contributed by atoms with E-state index in [4.69, 9.17) is 4.74 Å². The second-order valence-corrected chi connectivity index (χ2v) is 5.51. The van der Waals surface area contributed by atoms with Crippen LogP contribution in [0.4, 0.5) is 0 Å². The molecule has 0 bridgehead atoms. The van der Waals surface area contributed by atoms with Crippen LogP contribution in [0.15, 0.2) is 24.3 Å². The minimum Gasteiger partial charge on any atom is -0.461 e. The van der Waals surface area contributed by atoms with Crippen molar-refractivity contribution in [2.75, 3.05) is 6.61 Å². The van der Waals surface area contributed by atoms with Crippen LogP contribution < -0.4 is 0 Å². The average Bonchev–Trinajstić information content (AvgIpc) is 2.88. The minimum absolute atomic E-state index is 0.245. The predicted octanol–water partition coefficient (Wildman–Crippen LogP) is 4.39. The van der Waals surface area contributed by atoms with Gasteiger partial charge in [-0.2, -0.15) is 0 Å². The lowest BCUT2D eigenvalue weighted by atomic mass is 9.86. The lowest BCUT2D eigenvalue weighted by Gasteiger charge is -2.21. The van der Waals surface area contributed by atoms with Crippen molar-refractivity contribution < 1.29 is 9.53 Å².